The van der Waals surface area contributed by atoms with Crippen LogP contribution in [0.5, 0.6) is 0 Å². The summed E-state index contributed by atoms with van der Waals surface area (Å²) in [5.74, 6) is 0.263. The number of rotatable bonds is 7. The first-order chi connectivity index (χ1) is 21.6. The van der Waals surface area contributed by atoms with Crippen molar-refractivity contribution in [1.82, 2.24) is 5.32 Å². The third-order valence-electron chi connectivity index (χ3n) is 8.79. The summed E-state index contributed by atoms with van der Waals surface area (Å²) < 4.78 is 33.3. The number of nitrogens with zero attached hydrogens (tertiary/aromatic N) is 1. The summed E-state index contributed by atoms with van der Waals surface area (Å²) in [5.41, 5.74) is 5.25. The fraction of sp³-hybridized carbons (Fsp3) is 0.278. The number of hydrogen-bond donors (Lipinski definition) is 1. The molecule has 0 radical (unpaired) electrons. The number of alkyl carbamates (subject to hydrolysis) is 1. The van der Waals surface area contributed by atoms with Crippen LogP contribution in [-0.4, -0.2) is 42.9 Å². The number of halogens is 1. The van der Waals surface area contributed by atoms with Crippen LogP contribution in [0.3, 0.4) is 0 Å². The Labute approximate surface area is 260 Å². The highest BCUT2D eigenvalue weighted by atomic mass is 32.2. The number of thioether (sulfide) groups is 1. The maximum atomic E-state index is 15.3. The molecule has 1 N–H and O–H groups in total. The maximum Gasteiger partial charge on any atom is 0.413 e. The number of hydrogen-bond acceptors (Lipinski definition) is 6. The van der Waals surface area contributed by atoms with Gasteiger partial charge in [0.15, 0.2) is 5.17 Å². The molecule has 1 fully saturated rings. The maximum absolute atomic E-state index is 15.3. The van der Waals surface area contributed by atoms with Crippen molar-refractivity contribution in [3.8, 4) is 11.1 Å². The van der Waals surface area contributed by atoms with Crippen LogP contribution >= 0.6 is 11.8 Å². The largest absolute Gasteiger partial charge is 0.448 e. The Morgan fingerprint density at radius 2 is 1.59 bits per heavy atom. The Balaban J connectivity index is 1.05. The summed E-state index contributed by atoms with van der Waals surface area (Å²) in [6, 6.07) is 33.2. The van der Waals surface area contributed by atoms with Gasteiger partial charge in [0.05, 0.1) is 25.9 Å². The van der Waals surface area contributed by atoms with Crippen LogP contribution < -0.4 is 5.32 Å². The lowest BCUT2D eigenvalue weighted by Crippen LogP contribution is -2.52. The molecule has 8 heteroatoms. The van der Waals surface area contributed by atoms with Crippen molar-refractivity contribution in [3.05, 3.63) is 131 Å². The number of benzene rings is 4. The SMILES string of the molecule is O=C(NC1=N[C@@]2(c3ccccc3F)CO[C@@H](COCc3ccccc3)C[C@H]2CS1)OCC1c2ccccc2-c2ccccc21. The van der Waals surface area contributed by atoms with Gasteiger partial charge in [-0.1, -0.05) is 109 Å². The van der Waals surface area contributed by atoms with Crippen molar-refractivity contribution in [2.75, 3.05) is 25.6 Å². The lowest BCUT2D eigenvalue weighted by Gasteiger charge is -2.46. The zero-order valence-electron chi connectivity index (χ0n) is 24.2. The molecule has 44 heavy (non-hydrogen) atoms. The van der Waals surface area contributed by atoms with E-state index in [2.05, 4.69) is 29.6 Å². The Bertz CT molecular complexity index is 1640. The lowest BCUT2D eigenvalue weighted by molar-refractivity contribution is -0.0927. The molecule has 2 heterocycles. The van der Waals surface area contributed by atoms with E-state index in [1.54, 1.807) is 12.1 Å². The number of nitrogens with one attached hydrogen (secondary N) is 1. The zero-order valence-corrected chi connectivity index (χ0v) is 25.0. The van der Waals surface area contributed by atoms with E-state index in [1.165, 1.54) is 29.0 Å². The molecule has 0 aromatic heterocycles. The standard InChI is InChI=1S/C36H33FN2O4S/c37-33-17-9-8-16-32(33)36-23-43-26(20-41-19-24-10-2-1-3-11-24)18-25(36)22-44-34(39-36)38-35(40)42-21-31-29-14-6-4-12-27(29)28-13-5-7-15-30(28)31/h1-17,25-26,31H,18-23H2,(H,38,39,40)/t25-,26+,36-/m0/s1. The molecular weight excluding hydrogens is 575 g/mol. The van der Waals surface area contributed by atoms with E-state index in [4.69, 9.17) is 19.2 Å². The van der Waals surface area contributed by atoms with Crippen LogP contribution in [0.25, 0.3) is 11.1 Å². The molecule has 3 aliphatic rings. The Morgan fingerprint density at radius 3 is 2.34 bits per heavy atom. The van der Waals surface area contributed by atoms with Crippen molar-refractivity contribution in [1.29, 1.82) is 0 Å². The fourth-order valence-corrected chi connectivity index (χ4v) is 7.77. The van der Waals surface area contributed by atoms with Gasteiger partial charge in [0, 0.05) is 23.2 Å². The molecule has 224 valence electrons. The number of amidine groups is 1. The number of fused-ring (bicyclic) bond motifs is 4. The van der Waals surface area contributed by atoms with Crippen molar-refractivity contribution in [2.45, 2.75) is 30.6 Å². The topological polar surface area (TPSA) is 69.2 Å². The molecule has 0 bridgehead atoms. The minimum absolute atomic E-state index is 0.00321. The quantitative estimate of drug-likeness (QED) is 0.239. The van der Waals surface area contributed by atoms with E-state index in [9.17, 15) is 4.79 Å². The van der Waals surface area contributed by atoms with E-state index in [0.717, 1.165) is 16.7 Å². The average molecular weight is 609 g/mol. The third-order valence-corrected chi connectivity index (χ3v) is 9.83. The molecule has 7 rings (SSSR count). The number of ether oxygens (including phenoxy) is 3. The summed E-state index contributed by atoms with van der Waals surface area (Å²) in [7, 11) is 0. The summed E-state index contributed by atoms with van der Waals surface area (Å²) in [6.45, 7) is 1.34. The second-order valence-corrected chi connectivity index (χ2v) is 12.5. The van der Waals surface area contributed by atoms with Gasteiger partial charge < -0.3 is 14.2 Å². The van der Waals surface area contributed by atoms with Crippen molar-refractivity contribution >= 4 is 23.0 Å². The van der Waals surface area contributed by atoms with Crippen molar-refractivity contribution in [3.63, 3.8) is 0 Å². The minimum Gasteiger partial charge on any atom is -0.448 e. The molecule has 4 aromatic rings. The molecule has 4 aromatic carbocycles. The number of carbonyl (C=O) groups excluding carboxylic acids is 1. The van der Waals surface area contributed by atoms with E-state index in [1.807, 2.05) is 60.7 Å². The monoisotopic (exact) mass is 608 g/mol. The molecule has 2 aliphatic heterocycles. The second kappa shape index (κ2) is 12.6. The Hall–Kier alpha value is -3.98. The first-order valence-corrected chi connectivity index (χ1v) is 15.9. The van der Waals surface area contributed by atoms with Gasteiger partial charge >= 0.3 is 6.09 Å². The smallest absolute Gasteiger partial charge is 0.413 e. The van der Waals surface area contributed by atoms with Crippen LogP contribution in [0.15, 0.2) is 108 Å². The van der Waals surface area contributed by atoms with E-state index >= 15 is 4.39 Å². The zero-order chi connectivity index (χ0) is 29.9. The molecule has 1 saturated heterocycles. The number of amides is 1. The molecular formula is C36H33FN2O4S. The molecule has 6 nitrogen and oxygen atoms in total. The first-order valence-electron chi connectivity index (χ1n) is 14.9. The summed E-state index contributed by atoms with van der Waals surface area (Å²) in [4.78, 5) is 18.1. The highest BCUT2D eigenvalue weighted by Gasteiger charge is 2.49. The van der Waals surface area contributed by atoms with Crippen LogP contribution in [-0.2, 0) is 26.4 Å². The van der Waals surface area contributed by atoms with Gasteiger partial charge in [0.1, 0.15) is 18.0 Å². The van der Waals surface area contributed by atoms with Crippen LogP contribution in [0.1, 0.15) is 34.6 Å². The average Bonchev–Trinajstić information content (AvgIpc) is 3.38. The van der Waals surface area contributed by atoms with Crippen molar-refractivity contribution < 1.29 is 23.4 Å². The van der Waals surface area contributed by atoms with Gasteiger partial charge in [0.2, 0.25) is 0 Å². The number of carbonyl (C=O) groups is 1. The molecule has 1 amide bonds. The molecule has 3 atom stereocenters. The first kappa shape index (κ1) is 28.8. The minimum atomic E-state index is -0.960. The van der Waals surface area contributed by atoms with Gasteiger partial charge in [-0.05, 0) is 40.3 Å². The molecule has 1 aliphatic carbocycles. The second-order valence-electron chi connectivity index (χ2n) is 11.4. The lowest BCUT2D eigenvalue weighted by atomic mass is 9.75. The van der Waals surface area contributed by atoms with Gasteiger partial charge in [-0.2, -0.15) is 0 Å². The van der Waals surface area contributed by atoms with Crippen LogP contribution in [0, 0.1) is 11.7 Å². The molecule has 0 saturated carbocycles. The van der Waals surface area contributed by atoms with Gasteiger partial charge in [0.25, 0.3) is 0 Å². The van der Waals surface area contributed by atoms with Crippen molar-refractivity contribution in [2.24, 2.45) is 10.9 Å². The van der Waals surface area contributed by atoms with Gasteiger partial charge in [-0.3, -0.25) is 5.32 Å². The highest BCUT2D eigenvalue weighted by molar-refractivity contribution is 8.13. The van der Waals surface area contributed by atoms with Gasteiger partial charge in [-0.25, -0.2) is 14.2 Å². The third kappa shape index (κ3) is 5.65. The van der Waals surface area contributed by atoms with E-state index in [-0.39, 0.29) is 37.0 Å². The normalized spacial score (nSPS) is 22.3. The van der Waals surface area contributed by atoms with E-state index < -0.39 is 11.6 Å². The Kier molecular flexibility index (Phi) is 8.21. The summed E-state index contributed by atoms with van der Waals surface area (Å²) in [6.07, 6.45) is -0.0436. The highest BCUT2D eigenvalue weighted by Crippen LogP contribution is 2.47. The summed E-state index contributed by atoms with van der Waals surface area (Å²) in [5, 5.41) is 3.26. The predicted octanol–water partition coefficient (Wildman–Crippen LogP) is 7.28. The predicted molar refractivity (Wildman–Crippen MR) is 170 cm³/mol. The fourth-order valence-electron chi connectivity index (χ4n) is 6.62. The molecule has 0 spiro atoms. The Morgan fingerprint density at radius 1 is 0.909 bits per heavy atom. The number of aliphatic imine (C=N–C) groups is 1. The van der Waals surface area contributed by atoms with Crippen LogP contribution in [0.4, 0.5) is 9.18 Å². The van der Waals surface area contributed by atoms with E-state index in [0.29, 0.717) is 36.1 Å². The van der Waals surface area contributed by atoms with Gasteiger partial charge in [-0.15, -0.1) is 0 Å². The molecule has 0 unspecified atom stereocenters. The summed E-state index contributed by atoms with van der Waals surface area (Å²) >= 11 is 1.45. The van der Waals surface area contributed by atoms with Crippen LogP contribution in [0.2, 0.25) is 0 Å².